The van der Waals surface area contributed by atoms with Gasteiger partial charge in [0.1, 0.15) is 17.7 Å². The van der Waals surface area contributed by atoms with Gasteiger partial charge in [-0.05, 0) is 35.4 Å². The fourth-order valence-electron chi connectivity index (χ4n) is 5.41. The summed E-state index contributed by atoms with van der Waals surface area (Å²) < 4.78 is 0. The predicted molar refractivity (Wildman–Crippen MR) is 171 cm³/mol. The first kappa shape index (κ1) is 31.5. The van der Waals surface area contributed by atoms with Crippen molar-refractivity contribution in [1.29, 1.82) is 15.8 Å². The predicted octanol–water partition coefficient (Wildman–Crippen LogP) is 8.46. The average Bonchev–Trinajstić information content (AvgIpc) is 3.01. The third kappa shape index (κ3) is 10.1. The lowest BCUT2D eigenvalue weighted by molar-refractivity contribution is 0.536. The Hall–Kier alpha value is -4.07. The van der Waals surface area contributed by atoms with E-state index in [0.29, 0.717) is 10.8 Å². The maximum Gasteiger partial charge on any atom is 0.136 e. The molecular weight excluding hydrogens is 500 g/mol. The molecule has 0 radical (unpaired) electrons. The van der Waals surface area contributed by atoms with Gasteiger partial charge in [0.05, 0.1) is 11.6 Å². The second-order valence-corrected chi connectivity index (χ2v) is 10.9. The molecule has 0 N–H and O–H groups in total. The lowest BCUT2D eigenvalue weighted by atomic mass is 9.97. The topological polar surface area (TPSA) is 74.6 Å². The highest BCUT2D eigenvalue weighted by Gasteiger charge is 2.16. The lowest BCUT2D eigenvalue weighted by Gasteiger charge is -2.27. The van der Waals surface area contributed by atoms with Crippen LogP contribution in [0.25, 0.3) is 16.7 Å². The smallest absolute Gasteiger partial charge is 0.136 e. The van der Waals surface area contributed by atoms with E-state index in [-0.39, 0.29) is 5.57 Å². The van der Waals surface area contributed by atoms with Crippen LogP contribution in [0.1, 0.15) is 102 Å². The number of nitrogens with zero attached hydrogens (tertiary/aromatic N) is 4. The van der Waals surface area contributed by atoms with Crippen molar-refractivity contribution in [3.63, 3.8) is 0 Å². The van der Waals surface area contributed by atoms with Crippen molar-refractivity contribution in [2.45, 2.75) is 96.8 Å². The molecular formula is C37H44N4. The molecule has 2 aromatic rings. The quantitative estimate of drug-likeness (QED) is 0.199. The normalized spacial score (nSPS) is 12.8. The first-order valence-corrected chi connectivity index (χ1v) is 15.5. The molecule has 0 amide bonds. The largest absolute Gasteiger partial charge is 0.347 e. The molecule has 0 aliphatic carbocycles. The van der Waals surface area contributed by atoms with Gasteiger partial charge in [-0.2, -0.15) is 15.8 Å². The molecule has 4 nitrogen and oxygen atoms in total. The van der Waals surface area contributed by atoms with E-state index in [2.05, 4.69) is 48.4 Å². The van der Waals surface area contributed by atoms with Crippen LogP contribution in [0.5, 0.6) is 0 Å². The highest BCUT2D eigenvalue weighted by molar-refractivity contribution is 5.92. The summed E-state index contributed by atoms with van der Waals surface area (Å²) >= 11 is 0. The van der Waals surface area contributed by atoms with Gasteiger partial charge in [-0.3, -0.25) is 0 Å². The van der Waals surface area contributed by atoms with Gasteiger partial charge in [0.2, 0.25) is 0 Å². The number of para-hydroxylation sites is 1. The third-order valence-electron chi connectivity index (χ3n) is 7.84. The monoisotopic (exact) mass is 544 g/mol. The van der Waals surface area contributed by atoms with Gasteiger partial charge >= 0.3 is 0 Å². The summed E-state index contributed by atoms with van der Waals surface area (Å²) in [6, 6.07) is 21.5. The molecule has 1 aliphatic heterocycles. The van der Waals surface area contributed by atoms with Crippen molar-refractivity contribution >= 4 is 22.4 Å². The fraction of sp³-hybridized carbons (Fsp3) is 0.432. The Kier molecular flexibility index (Phi) is 14.0. The first-order valence-electron chi connectivity index (χ1n) is 15.5. The number of unbranched alkanes of at least 4 members (excludes halogenated alkanes) is 13. The van der Waals surface area contributed by atoms with Crippen molar-refractivity contribution < 1.29 is 0 Å². The minimum Gasteiger partial charge on any atom is -0.347 e. The Labute approximate surface area is 247 Å². The molecule has 0 saturated carbocycles. The second kappa shape index (κ2) is 18.3. The molecule has 0 aromatic heterocycles. The number of nitriles is 3. The second-order valence-electron chi connectivity index (χ2n) is 10.9. The number of hydrogen-bond donors (Lipinski definition) is 0. The lowest BCUT2D eigenvalue weighted by Crippen LogP contribution is -2.21. The molecule has 0 bridgehead atoms. The van der Waals surface area contributed by atoms with E-state index in [1.807, 2.05) is 24.3 Å². The maximum absolute atomic E-state index is 9.90. The highest BCUT2D eigenvalue weighted by atomic mass is 15.1. The summed E-state index contributed by atoms with van der Waals surface area (Å²) in [4.78, 5) is 2.33. The molecule has 4 heteroatoms. The highest BCUT2D eigenvalue weighted by Crippen LogP contribution is 2.33. The zero-order valence-electron chi connectivity index (χ0n) is 24.7. The Balaban J connectivity index is 1.50. The van der Waals surface area contributed by atoms with Gasteiger partial charge in [-0.1, -0.05) is 133 Å². The van der Waals surface area contributed by atoms with E-state index in [4.69, 9.17) is 10.5 Å². The third-order valence-corrected chi connectivity index (χ3v) is 7.84. The summed E-state index contributed by atoms with van der Waals surface area (Å²) in [7, 11) is 0. The average molecular weight is 545 g/mol. The van der Waals surface area contributed by atoms with E-state index < -0.39 is 0 Å². The maximum atomic E-state index is 9.90. The summed E-state index contributed by atoms with van der Waals surface area (Å²) in [5.74, 6) is 0. The summed E-state index contributed by atoms with van der Waals surface area (Å²) in [6.45, 7) is 3.27. The van der Waals surface area contributed by atoms with Crippen molar-refractivity contribution in [3.8, 4) is 18.2 Å². The summed E-state index contributed by atoms with van der Waals surface area (Å²) in [5, 5.41) is 29.4. The van der Waals surface area contributed by atoms with E-state index >= 15 is 0 Å². The molecule has 2 aromatic carbocycles. The Morgan fingerprint density at radius 2 is 1.20 bits per heavy atom. The van der Waals surface area contributed by atoms with Crippen LogP contribution in [-0.2, 0) is 0 Å². The van der Waals surface area contributed by atoms with Crippen LogP contribution < -0.4 is 15.3 Å². The number of anilines is 1. The molecule has 0 atom stereocenters. The van der Waals surface area contributed by atoms with Crippen LogP contribution in [0.3, 0.4) is 0 Å². The first-order chi connectivity index (χ1) is 20.2. The van der Waals surface area contributed by atoms with Crippen molar-refractivity contribution in [1.82, 2.24) is 0 Å². The molecule has 41 heavy (non-hydrogen) atoms. The number of benzene rings is 2. The van der Waals surface area contributed by atoms with Gasteiger partial charge < -0.3 is 4.90 Å². The fourth-order valence-corrected chi connectivity index (χ4v) is 5.41. The van der Waals surface area contributed by atoms with Crippen molar-refractivity contribution in [2.24, 2.45) is 0 Å². The molecule has 1 heterocycles. The van der Waals surface area contributed by atoms with Gasteiger partial charge in [0, 0.05) is 29.2 Å². The van der Waals surface area contributed by atoms with Gasteiger partial charge in [0.15, 0.2) is 0 Å². The van der Waals surface area contributed by atoms with Gasteiger partial charge in [0.25, 0.3) is 0 Å². The number of hydrogen-bond acceptors (Lipinski definition) is 4. The number of rotatable bonds is 16. The van der Waals surface area contributed by atoms with Crippen LogP contribution in [0.15, 0.2) is 66.9 Å². The van der Waals surface area contributed by atoms with Crippen LogP contribution >= 0.6 is 0 Å². The van der Waals surface area contributed by atoms with Crippen LogP contribution in [-0.4, -0.2) is 6.54 Å². The molecule has 1 aliphatic rings. The van der Waals surface area contributed by atoms with Gasteiger partial charge in [-0.15, -0.1) is 0 Å². The SMILES string of the molecule is CCCCCCCCCCCCCCCCN1C=C/C(=C/C(C#N)=c2ccc(=C(C#N)C#N)cc2)c2ccccc21. The number of allylic oxidation sites excluding steroid dienone is 3. The van der Waals surface area contributed by atoms with E-state index in [1.54, 1.807) is 24.3 Å². The van der Waals surface area contributed by atoms with E-state index in [1.165, 1.54) is 95.6 Å². The Bertz CT molecular complexity index is 1390. The Morgan fingerprint density at radius 1 is 0.659 bits per heavy atom. The minimum absolute atomic E-state index is 0.0662. The van der Waals surface area contributed by atoms with Crippen LogP contribution in [0, 0.1) is 34.0 Å². The molecule has 0 unspecified atom stereocenters. The van der Waals surface area contributed by atoms with E-state index in [9.17, 15) is 5.26 Å². The summed E-state index contributed by atoms with van der Waals surface area (Å²) in [6.07, 6.45) is 25.2. The molecule has 3 rings (SSSR count). The van der Waals surface area contributed by atoms with Crippen LogP contribution in [0.4, 0.5) is 5.69 Å². The molecule has 0 fully saturated rings. The summed E-state index contributed by atoms with van der Waals surface area (Å²) in [5.41, 5.74) is 3.90. The standard InChI is InChI=1S/C37H44N4/c1-2-3-4-5-6-7-8-9-10-11-12-13-14-17-25-41-26-24-33(36-18-15-16-19-37(36)41)27-34(28-38)31-20-22-32(23-21-31)35(29-39)30-40/h15-16,18-24,26-27H,2-14,17,25H2,1H3/b33-27-. The number of fused-ring (bicyclic) bond motifs is 1. The molecule has 0 spiro atoms. The zero-order chi connectivity index (χ0) is 29.1. The minimum atomic E-state index is 0.0662. The zero-order valence-corrected chi connectivity index (χ0v) is 24.7. The van der Waals surface area contributed by atoms with Gasteiger partial charge in [-0.25, -0.2) is 0 Å². The molecule has 0 saturated heterocycles. The Morgan fingerprint density at radius 3 is 1.76 bits per heavy atom. The van der Waals surface area contributed by atoms with E-state index in [0.717, 1.165) is 22.9 Å². The van der Waals surface area contributed by atoms with Crippen molar-refractivity contribution in [2.75, 3.05) is 11.4 Å². The molecule has 212 valence electrons. The van der Waals surface area contributed by atoms with Crippen LogP contribution in [0.2, 0.25) is 0 Å². The van der Waals surface area contributed by atoms with Crippen molar-refractivity contribution in [3.05, 3.63) is 82.9 Å².